The number of hydrogen-bond donors (Lipinski definition) is 1. The third-order valence-corrected chi connectivity index (χ3v) is 4.97. The van der Waals surface area contributed by atoms with E-state index in [9.17, 15) is 0 Å². The van der Waals surface area contributed by atoms with Gasteiger partial charge in [0.2, 0.25) is 0 Å². The van der Waals surface area contributed by atoms with Crippen LogP contribution in [0.4, 0.5) is 0 Å². The van der Waals surface area contributed by atoms with E-state index in [4.69, 9.17) is 9.47 Å². The molecule has 0 bridgehead atoms. The van der Waals surface area contributed by atoms with E-state index in [2.05, 4.69) is 36.5 Å². The summed E-state index contributed by atoms with van der Waals surface area (Å²) >= 11 is 0. The average Bonchev–Trinajstić information content (AvgIpc) is 2.55. The van der Waals surface area contributed by atoms with E-state index < -0.39 is 0 Å². The SMILES string of the molecule is CC1(COc2ccccc2C2CCNCC2)CCOCC1. The van der Waals surface area contributed by atoms with Crippen LogP contribution in [0.1, 0.15) is 44.1 Å². The van der Waals surface area contributed by atoms with Gasteiger partial charge in [-0.1, -0.05) is 25.1 Å². The Hall–Kier alpha value is -1.06. The first-order valence-electron chi connectivity index (χ1n) is 8.27. The van der Waals surface area contributed by atoms with Crippen LogP contribution >= 0.6 is 0 Å². The van der Waals surface area contributed by atoms with Crippen LogP contribution in [-0.2, 0) is 4.74 Å². The van der Waals surface area contributed by atoms with Gasteiger partial charge in [0.15, 0.2) is 0 Å². The van der Waals surface area contributed by atoms with Crippen molar-refractivity contribution in [2.45, 2.75) is 38.5 Å². The van der Waals surface area contributed by atoms with E-state index in [0.29, 0.717) is 5.92 Å². The van der Waals surface area contributed by atoms with Gasteiger partial charge in [-0.3, -0.25) is 0 Å². The van der Waals surface area contributed by atoms with E-state index >= 15 is 0 Å². The molecule has 21 heavy (non-hydrogen) atoms. The van der Waals surface area contributed by atoms with Gasteiger partial charge in [-0.2, -0.15) is 0 Å². The number of ether oxygens (including phenoxy) is 2. The van der Waals surface area contributed by atoms with Crippen LogP contribution in [0.2, 0.25) is 0 Å². The summed E-state index contributed by atoms with van der Waals surface area (Å²) in [5.41, 5.74) is 1.66. The van der Waals surface area contributed by atoms with Crippen LogP contribution < -0.4 is 10.1 Å². The Morgan fingerprint density at radius 2 is 1.90 bits per heavy atom. The molecule has 2 heterocycles. The molecule has 0 aromatic heterocycles. The maximum Gasteiger partial charge on any atom is 0.122 e. The summed E-state index contributed by atoms with van der Waals surface area (Å²) in [5, 5.41) is 3.44. The molecule has 3 nitrogen and oxygen atoms in total. The van der Waals surface area contributed by atoms with E-state index in [1.807, 2.05) is 0 Å². The molecule has 0 saturated carbocycles. The molecule has 2 aliphatic heterocycles. The van der Waals surface area contributed by atoms with Gasteiger partial charge in [-0.05, 0) is 56.3 Å². The van der Waals surface area contributed by atoms with Crippen molar-refractivity contribution >= 4 is 0 Å². The van der Waals surface area contributed by atoms with Crippen molar-refractivity contribution in [3.05, 3.63) is 29.8 Å². The minimum absolute atomic E-state index is 0.263. The molecule has 1 aromatic rings. The van der Waals surface area contributed by atoms with E-state index in [1.54, 1.807) is 0 Å². The van der Waals surface area contributed by atoms with Gasteiger partial charge in [0.25, 0.3) is 0 Å². The van der Waals surface area contributed by atoms with Gasteiger partial charge in [0.1, 0.15) is 5.75 Å². The maximum atomic E-state index is 6.26. The predicted octanol–water partition coefficient (Wildman–Crippen LogP) is 3.35. The molecule has 0 amide bonds. The van der Waals surface area contributed by atoms with E-state index in [1.165, 1.54) is 18.4 Å². The molecule has 2 saturated heterocycles. The normalized spacial score (nSPS) is 22.9. The minimum atomic E-state index is 0.263. The highest BCUT2D eigenvalue weighted by molar-refractivity contribution is 5.36. The first-order valence-corrected chi connectivity index (χ1v) is 8.27. The first-order chi connectivity index (χ1) is 10.3. The zero-order chi connectivity index (χ0) is 14.5. The predicted molar refractivity (Wildman–Crippen MR) is 84.9 cm³/mol. The Bertz CT molecular complexity index is 448. The van der Waals surface area contributed by atoms with Gasteiger partial charge in [-0.25, -0.2) is 0 Å². The Balaban J connectivity index is 1.67. The second-order valence-electron chi connectivity index (χ2n) is 6.77. The summed E-state index contributed by atoms with van der Waals surface area (Å²) in [4.78, 5) is 0. The number of benzene rings is 1. The lowest BCUT2D eigenvalue weighted by Crippen LogP contribution is -2.32. The average molecular weight is 289 g/mol. The monoisotopic (exact) mass is 289 g/mol. The smallest absolute Gasteiger partial charge is 0.122 e. The fourth-order valence-corrected chi connectivity index (χ4v) is 3.34. The largest absolute Gasteiger partial charge is 0.493 e. The van der Waals surface area contributed by atoms with Crippen LogP contribution in [0.5, 0.6) is 5.75 Å². The van der Waals surface area contributed by atoms with Crippen molar-refractivity contribution in [1.82, 2.24) is 5.32 Å². The quantitative estimate of drug-likeness (QED) is 0.922. The number of rotatable bonds is 4. The van der Waals surface area contributed by atoms with Crippen molar-refractivity contribution in [1.29, 1.82) is 0 Å². The summed E-state index contributed by atoms with van der Waals surface area (Å²) in [6.45, 7) is 7.11. The molecule has 3 heteroatoms. The Kier molecular flexibility index (Phi) is 4.81. The number of piperidine rings is 1. The lowest BCUT2D eigenvalue weighted by molar-refractivity contribution is 0.0000623. The highest BCUT2D eigenvalue weighted by Gasteiger charge is 2.29. The Labute approximate surface area is 128 Å². The standard InChI is InChI=1S/C18H27NO2/c1-18(8-12-20-13-9-18)14-21-17-5-3-2-4-16(17)15-6-10-19-11-7-15/h2-5,15,19H,6-14H2,1H3. The van der Waals surface area contributed by atoms with E-state index in [-0.39, 0.29) is 5.41 Å². The van der Waals surface area contributed by atoms with Gasteiger partial charge >= 0.3 is 0 Å². The topological polar surface area (TPSA) is 30.5 Å². The molecule has 0 atom stereocenters. The summed E-state index contributed by atoms with van der Waals surface area (Å²) in [5.74, 6) is 1.74. The fraction of sp³-hybridized carbons (Fsp3) is 0.667. The third kappa shape index (κ3) is 3.78. The van der Waals surface area contributed by atoms with Crippen LogP contribution in [0.25, 0.3) is 0 Å². The molecule has 3 rings (SSSR count). The van der Waals surface area contributed by atoms with Crippen molar-refractivity contribution < 1.29 is 9.47 Å². The molecule has 2 fully saturated rings. The van der Waals surface area contributed by atoms with Crippen molar-refractivity contribution in [2.75, 3.05) is 32.9 Å². The molecule has 1 N–H and O–H groups in total. The second-order valence-corrected chi connectivity index (χ2v) is 6.77. The highest BCUT2D eigenvalue weighted by atomic mass is 16.5. The van der Waals surface area contributed by atoms with Gasteiger partial charge in [0.05, 0.1) is 6.61 Å². The van der Waals surface area contributed by atoms with Gasteiger partial charge < -0.3 is 14.8 Å². The Morgan fingerprint density at radius 1 is 1.19 bits per heavy atom. The lowest BCUT2D eigenvalue weighted by Gasteiger charge is -2.34. The summed E-state index contributed by atoms with van der Waals surface area (Å²) in [7, 11) is 0. The molecule has 2 aliphatic rings. The van der Waals surface area contributed by atoms with Crippen LogP contribution in [0, 0.1) is 5.41 Å². The number of nitrogens with one attached hydrogen (secondary N) is 1. The van der Waals surface area contributed by atoms with Crippen molar-refractivity contribution in [3.8, 4) is 5.75 Å². The molecule has 1 aromatic carbocycles. The highest BCUT2D eigenvalue weighted by Crippen LogP contribution is 2.35. The van der Waals surface area contributed by atoms with E-state index in [0.717, 1.165) is 51.5 Å². The molecule has 116 valence electrons. The van der Waals surface area contributed by atoms with Crippen LogP contribution in [0.15, 0.2) is 24.3 Å². The summed E-state index contributed by atoms with van der Waals surface area (Å²) in [6.07, 6.45) is 4.63. The summed E-state index contributed by atoms with van der Waals surface area (Å²) < 4.78 is 11.7. The van der Waals surface area contributed by atoms with Crippen LogP contribution in [0.3, 0.4) is 0 Å². The first kappa shape index (κ1) is 14.9. The molecular formula is C18H27NO2. The third-order valence-electron chi connectivity index (χ3n) is 4.97. The zero-order valence-corrected chi connectivity index (χ0v) is 13.1. The van der Waals surface area contributed by atoms with Gasteiger partial charge in [0, 0.05) is 18.6 Å². The molecule has 0 unspecified atom stereocenters. The molecule has 0 spiro atoms. The summed E-state index contributed by atoms with van der Waals surface area (Å²) in [6, 6.07) is 8.62. The van der Waals surface area contributed by atoms with Crippen molar-refractivity contribution in [2.24, 2.45) is 5.41 Å². The lowest BCUT2D eigenvalue weighted by atomic mass is 9.83. The Morgan fingerprint density at radius 3 is 2.67 bits per heavy atom. The number of para-hydroxylation sites is 1. The van der Waals surface area contributed by atoms with Gasteiger partial charge in [-0.15, -0.1) is 0 Å². The maximum absolute atomic E-state index is 6.26. The molecule has 0 radical (unpaired) electrons. The zero-order valence-electron chi connectivity index (χ0n) is 13.1. The molecular weight excluding hydrogens is 262 g/mol. The second kappa shape index (κ2) is 6.80. The number of hydrogen-bond acceptors (Lipinski definition) is 3. The van der Waals surface area contributed by atoms with Crippen molar-refractivity contribution in [3.63, 3.8) is 0 Å². The fourth-order valence-electron chi connectivity index (χ4n) is 3.34. The van der Waals surface area contributed by atoms with Crippen LogP contribution in [-0.4, -0.2) is 32.9 Å². The molecule has 0 aliphatic carbocycles. The minimum Gasteiger partial charge on any atom is -0.493 e.